The van der Waals surface area contributed by atoms with Crippen LogP contribution in [0.15, 0.2) is 30.3 Å². The van der Waals surface area contributed by atoms with E-state index in [2.05, 4.69) is 29.6 Å². The number of nitrogens with one attached hydrogen (secondary N) is 1. The molecule has 23 heavy (non-hydrogen) atoms. The monoisotopic (exact) mass is 316 g/mol. The molecule has 1 saturated heterocycles. The van der Waals surface area contributed by atoms with Gasteiger partial charge in [-0.15, -0.1) is 0 Å². The molecule has 1 atom stereocenters. The van der Waals surface area contributed by atoms with E-state index in [1.807, 2.05) is 6.07 Å². The van der Waals surface area contributed by atoms with E-state index in [0.717, 1.165) is 12.8 Å². The lowest BCUT2D eigenvalue weighted by molar-refractivity contribution is -0.147. The molecule has 0 bridgehead atoms. The molecule has 1 aromatic carbocycles. The predicted octanol–water partition coefficient (Wildman–Crippen LogP) is 2.69. The molecule has 5 nitrogen and oxygen atoms in total. The van der Waals surface area contributed by atoms with E-state index in [1.54, 1.807) is 11.8 Å². The predicted molar refractivity (Wildman–Crippen MR) is 87.2 cm³/mol. The molecule has 1 aliphatic heterocycles. The number of urea groups is 1. The lowest BCUT2D eigenvalue weighted by atomic mass is 9.71. The van der Waals surface area contributed by atoms with E-state index in [9.17, 15) is 14.7 Å². The lowest BCUT2D eigenvalue weighted by Crippen LogP contribution is -2.44. The largest absolute Gasteiger partial charge is 0.481 e. The minimum atomic E-state index is -0.822. The minimum absolute atomic E-state index is 0.127. The lowest BCUT2D eigenvalue weighted by Gasteiger charge is -2.36. The average molecular weight is 316 g/mol. The van der Waals surface area contributed by atoms with E-state index in [4.69, 9.17) is 0 Å². The summed E-state index contributed by atoms with van der Waals surface area (Å²) in [6.07, 6.45) is 2.74. The maximum atomic E-state index is 12.2. The minimum Gasteiger partial charge on any atom is -0.481 e. The van der Waals surface area contributed by atoms with Crippen LogP contribution >= 0.6 is 0 Å². The van der Waals surface area contributed by atoms with E-state index in [0.29, 0.717) is 37.9 Å². The van der Waals surface area contributed by atoms with Gasteiger partial charge in [-0.3, -0.25) is 4.79 Å². The van der Waals surface area contributed by atoms with Gasteiger partial charge in [0.2, 0.25) is 0 Å². The van der Waals surface area contributed by atoms with Gasteiger partial charge in [-0.05, 0) is 43.6 Å². The van der Waals surface area contributed by atoms with Gasteiger partial charge in [0, 0.05) is 19.6 Å². The number of hydrogen-bond donors (Lipinski definition) is 2. The first kappa shape index (κ1) is 15.8. The topological polar surface area (TPSA) is 69.6 Å². The summed E-state index contributed by atoms with van der Waals surface area (Å²) in [4.78, 5) is 25.0. The van der Waals surface area contributed by atoms with Gasteiger partial charge in [-0.25, -0.2) is 4.79 Å². The number of carbonyl (C=O) groups excluding carboxylic acids is 1. The molecule has 2 amide bonds. The fourth-order valence-corrected chi connectivity index (χ4v) is 3.55. The smallest absolute Gasteiger partial charge is 0.317 e. The second-order valence-corrected chi connectivity index (χ2v) is 7.17. The maximum absolute atomic E-state index is 12.2. The second kappa shape index (κ2) is 6.22. The molecule has 0 aromatic heterocycles. The van der Waals surface area contributed by atoms with Crippen LogP contribution < -0.4 is 5.32 Å². The highest BCUT2D eigenvalue weighted by molar-refractivity contribution is 5.79. The second-order valence-electron chi connectivity index (χ2n) is 7.17. The first-order valence-electron chi connectivity index (χ1n) is 8.29. The molecule has 5 heteroatoms. The van der Waals surface area contributed by atoms with E-state index in [-0.39, 0.29) is 6.03 Å². The molecule has 2 N–H and O–H groups in total. The Morgan fingerprint density at radius 2 is 2.00 bits per heavy atom. The maximum Gasteiger partial charge on any atom is 0.317 e. The molecule has 1 aromatic rings. The van der Waals surface area contributed by atoms with Crippen molar-refractivity contribution in [3.8, 4) is 0 Å². The van der Waals surface area contributed by atoms with Gasteiger partial charge in [-0.1, -0.05) is 30.3 Å². The van der Waals surface area contributed by atoms with Crippen LogP contribution in [-0.2, 0) is 4.79 Å². The number of carboxylic acids is 1. The average Bonchev–Trinajstić information content (AvgIpc) is 2.91. The zero-order chi connectivity index (χ0) is 16.4. The van der Waals surface area contributed by atoms with Crippen molar-refractivity contribution >= 4 is 12.0 Å². The fourth-order valence-electron chi connectivity index (χ4n) is 3.55. The highest BCUT2D eigenvalue weighted by Crippen LogP contribution is 2.41. The summed E-state index contributed by atoms with van der Waals surface area (Å²) < 4.78 is 0. The molecule has 2 aliphatic rings. The number of aliphatic carboxylic acids is 1. The van der Waals surface area contributed by atoms with E-state index < -0.39 is 11.4 Å². The van der Waals surface area contributed by atoms with Crippen LogP contribution in [0.4, 0.5) is 4.79 Å². The summed E-state index contributed by atoms with van der Waals surface area (Å²) in [6.45, 7) is 3.21. The van der Waals surface area contributed by atoms with Crippen molar-refractivity contribution in [2.75, 3.05) is 19.6 Å². The molecule has 1 aliphatic carbocycles. The van der Waals surface area contributed by atoms with E-state index in [1.165, 1.54) is 5.56 Å². The van der Waals surface area contributed by atoms with Crippen molar-refractivity contribution in [3.63, 3.8) is 0 Å². The van der Waals surface area contributed by atoms with Crippen molar-refractivity contribution in [3.05, 3.63) is 35.9 Å². The number of rotatable bonds is 4. The number of hydrogen-bond acceptors (Lipinski definition) is 2. The Morgan fingerprint density at radius 1 is 1.30 bits per heavy atom. The van der Waals surface area contributed by atoms with Crippen LogP contribution in [0.1, 0.15) is 37.7 Å². The first-order chi connectivity index (χ1) is 11.0. The SMILES string of the molecule is CC1(C(=O)O)CCN(C(=O)NCC2CC(c3ccccc3)C2)C1. The van der Waals surface area contributed by atoms with Crippen molar-refractivity contribution in [2.24, 2.45) is 11.3 Å². The van der Waals surface area contributed by atoms with Gasteiger partial charge in [0.25, 0.3) is 0 Å². The number of likely N-dealkylation sites (tertiary alicyclic amines) is 1. The van der Waals surface area contributed by atoms with Gasteiger partial charge in [0.1, 0.15) is 0 Å². The third kappa shape index (κ3) is 3.33. The van der Waals surface area contributed by atoms with Gasteiger partial charge >= 0.3 is 12.0 Å². The van der Waals surface area contributed by atoms with Crippen LogP contribution in [0.3, 0.4) is 0 Å². The summed E-state index contributed by atoms with van der Waals surface area (Å²) in [5, 5.41) is 12.2. The van der Waals surface area contributed by atoms with Crippen LogP contribution in [0.25, 0.3) is 0 Å². The molecule has 3 rings (SSSR count). The number of benzene rings is 1. The number of carboxylic acid groups (broad SMARTS) is 1. The third-order valence-corrected chi connectivity index (χ3v) is 5.33. The number of nitrogens with zero attached hydrogens (tertiary/aromatic N) is 1. The van der Waals surface area contributed by atoms with Crippen molar-refractivity contribution in [2.45, 2.75) is 32.1 Å². The zero-order valence-corrected chi connectivity index (χ0v) is 13.5. The van der Waals surface area contributed by atoms with Crippen LogP contribution in [0.5, 0.6) is 0 Å². The normalized spacial score (nSPS) is 29.9. The number of carbonyl (C=O) groups is 2. The number of amides is 2. The molecule has 0 radical (unpaired) electrons. The Balaban J connectivity index is 1.41. The van der Waals surface area contributed by atoms with Gasteiger partial charge in [-0.2, -0.15) is 0 Å². The van der Waals surface area contributed by atoms with Crippen molar-refractivity contribution in [1.82, 2.24) is 10.2 Å². The van der Waals surface area contributed by atoms with Crippen LogP contribution in [0, 0.1) is 11.3 Å². The highest BCUT2D eigenvalue weighted by atomic mass is 16.4. The standard InChI is InChI=1S/C18H24N2O3/c1-18(16(21)22)7-8-20(12-18)17(23)19-11-13-9-15(10-13)14-5-3-2-4-6-14/h2-6,13,15H,7-12H2,1H3,(H,19,23)(H,21,22). The summed E-state index contributed by atoms with van der Waals surface area (Å²) in [6, 6.07) is 10.4. The van der Waals surface area contributed by atoms with Gasteiger partial charge in [0.15, 0.2) is 0 Å². The summed E-state index contributed by atoms with van der Waals surface area (Å²) in [7, 11) is 0. The van der Waals surface area contributed by atoms with Crippen LogP contribution in [0.2, 0.25) is 0 Å². The molecule has 124 valence electrons. The van der Waals surface area contributed by atoms with Crippen LogP contribution in [-0.4, -0.2) is 41.6 Å². The summed E-state index contributed by atoms with van der Waals surface area (Å²) in [5.74, 6) is 0.315. The third-order valence-electron chi connectivity index (χ3n) is 5.33. The molecule has 1 saturated carbocycles. The van der Waals surface area contributed by atoms with Crippen molar-refractivity contribution in [1.29, 1.82) is 0 Å². The molecule has 1 unspecified atom stereocenters. The van der Waals surface area contributed by atoms with Gasteiger partial charge in [0.05, 0.1) is 5.41 Å². The Bertz CT molecular complexity index is 583. The van der Waals surface area contributed by atoms with Crippen molar-refractivity contribution < 1.29 is 14.7 Å². The van der Waals surface area contributed by atoms with Gasteiger partial charge < -0.3 is 15.3 Å². The van der Waals surface area contributed by atoms with E-state index >= 15 is 0 Å². The highest BCUT2D eigenvalue weighted by Gasteiger charge is 2.42. The first-order valence-corrected chi connectivity index (χ1v) is 8.29. The summed E-state index contributed by atoms with van der Waals surface area (Å²) in [5.41, 5.74) is 0.582. The Hall–Kier alpha value is -2.04. The fraction of sp³-hybridized carbons (Fsp3) is 0.556. The zero-order valence-electron chi connectivity index (χ0n) is 13.5. The molecular weight excluding hydrogens is 292 g/mol. The molecule has 1 heterocycles. The Morgan fingerprint density at radius 3 is 2.61 bits per heavy atom. The summed E-state index contributed by atoms with van der Waals surface area (Å²) >= 11 is 0. The Kier molecular flexibility index (Phi) is 4.28. The molecule has 0 spiro atoms. The molecular formula is C18H24N2O3. The molecule has 2 fully saturated rings. The Labute approximate surface area is 136 Å². The quantitative estimate of drug-likeness (QED) is 0.897.